The molecule has 0 saturated carbocycles. The fourth-order valence-electron chi connectivity index (χ4n) is 1.05. The highest BCUT2D eigenvalue weighted by Gasteiger charge is 2.20. The van der Waals surface area contributed by atoms with Crippen LogP contribution in [0, 0.1) is 11.3 Å². The second kappa shape index (κ2) is 5.51. The molecule has 0 amide bonds. The maximum absolute atomic E-state index is 8.58. The second-order valence-corrected chi connectivity index (χ2v) is 6.42. The molecule has 3 heteroatoms. The summed E-state index contributed by atoms with van der Waals surface area (Å²) in [5.41, 5.74) is 1.08. The van der Waals surface area contributed by atoms with Gasteiger partial charge in [0.15, 0.2) is 0 Å². The van der Waals surface area contributed by atoms with E-state index >= 15 is 0 Å². The molecule has 2 nitrogen and oxygen atoms in total. The molecule has 0 aliphatic carbocycles. The first-order valence-corrected chi connectivity index (χ1v) is 5.73. The molecule has 0 radical (unpaired) electrons. The van der Waals surface area contributed by atoms with E-state index in [0.29, 0.717) is 11.3 Å². The summed E-state index contributed by atoms with van der Waals surface area (Å²) in [6.45, 7) is 10.4. The van der Waals surface area contributed by atoms with Gasteiger partial charge in [-0.2, -0.15) is 5.26 Å². The summed E-state index contributed by atoms with van der Waals surface area (Å²) in [6, 6.07) is 2.10. The average Bonchev–Trinajstić information content (AvgIpc) is 1.98. The lowest BCUT2D eigenvalue weighted by molar-refractivity contribution is 0.301. The van der Waals surface area contributed by atoms with Crippen molar-refractivity contribution in [3.63, 3.8) is 0 Å². The van der Waals surface area contributed by atoms with E-state index in [1.165, 1.54) is 0 Å². The molecule has 12 heavy (non-hydrogen) atoms. The standard InChI is InChI=1S/C9H18NOP/c1-7(2)12(8(3)4)11-9(5)6-10/h7-9H,1-5H3. The van der Waals surface area contributed by atoms with Crippen molar-refractivity contribution in [2.75, 3.05) is 0 Å². The molecule has 0 fully saturated rings. The Kier molecular flexibility index (Phi) is 5.46. The lowest BCUT2D eigenvalue weighted by atomic mass is 10.5. The van der Waals surface area contributed by atoms with Gasteiger partial charge in [-0.15, -0.1) is 0 Å². The summed E-state index contributed by atoms with van der Waals surface area (Å²) in [5.74, 6) is 0. The highest BCUT2D eigenvalue weighted by molar-refractivity contribution is 7.54. The lowest BCUT2D eigenvalue weighted by Gasteiger charge is -2.25. The Labute approximate surface area is 76.8 Å². The van der Waals surface area contributed by atoms with Gasteiger partial charge in [-0.05, 0) is 18.2 Å². The zero-order chi connectivity index (χ0) is 9.72. The molecule has 0 heterocycles. The smallest absolute Gasteiger partial charge is 0.145 e. The molecule has 0 aliphatic heterocycles. The molecule has 0 aromatic carbocycles. The zero-order valence-corrected chi connectivity index (χ0v) is 9.43. The maximum atomic E-state index is 8.58. The number of nitrogens with zero attached hydrogens (tertiary/aromatic N) is 1. The van der Waals surface area contributed by atoms with Gasteiger partial charge in [0, 0.05) is 8.15 Å². The summed E-state index contributed by atoms with van der Waals surface area (Å²) in [5, 5.41) is 8.58. The van der Waals surface area contributed by atoms with Gasteiger partial charge in [-0.25, -0.2) is 0 Å². The normalized spacial score (nSPS) is 13.9. The molecule has 70 valence electrons. The van der Waals surface area contributed by atoms with Crippen LogP contribution in [-0.4, -0.2) is 17.4 Å². The van der Waals surface area contributed by atoms with E-state index in [2.05, 4.69) is 33.8 Å². The SMILES string of the molecule is CC(C#N)OP(C(C)C)C(C)C. The number of hydrogen-bond donors (Lipinski definition) is 0. The first kappa shape index (κ1) is 11.9. The average molecular weight is 187 g/mol. The van der Waals surface area contributed by atoms with Crippen LogP contribution in [0.2, 0.25) is 0 Å². The van der Waals surface area contributed by atoms with Gasteiger partial charge < -0.3 is 4.52 Å². The van der Waals surface area contributed by atoms with Crippen molar-refractivity contribution in [3.8, 4) is 6.07 Å². The highest BCUT2D eigenvalue weighted by Crippen LogP contribution is 2.47. The van der Waals surface area contributed by atoms with E-state index in [1.54, 1.807) is 6.92 Å². The van der Waals surface area contributed by atoms with Crippen molar-refractivity contribution in [2.45, 2.75) is 52.0 Å². The van der Waals surface area contributed by atoms with Crippen LogP contribution < -0.4 is 0 Å². The predicted octanol–water partition coefficient (Wildman–Crippen LogP) is 3.13. The van der Waals surface area contributed by atoms with Gasteiger partial charge in [-0.1, -0.05) is 27.7 Å². The molecule has 0 aromatic rings. The van der Waals surface area contributed by atoms with Gasteiger partial charge in [0.25, 0.3) is 0 Å². The molecule has 0 aliphatic rings. The Morgan fingerprint density at radius 1 is 1.08 bits per heavy atom. The van der Waals surface area contributed by atoms with Gasteiger partial charge >= 0.3 is 0 Å². The minimum absolute atomic E-state index is 0.263. The van der Waals surface area contributed by atoms with Crippen LogP contribution in [0.15, 0.2) is 0 Å². The van der Waals surface area contributed by atoms with Gasteiger partial charge in [-0.3, -0.25) is 0 Å². The maximum Gasteiger partial charge on any atom is 0.145 e. The van der Waals surface area contributed by atoms with Crippen molar-refractivity contribution >= 4 is 8.15 Å². The Hall–Kier alpha value is -0.120. The van der Waals surface area contributed by atoms with Crippen LogP contribution in [-0.2, 0) is 4.52 Å². The largest absolute Gasteiger partial charge is 0.341 e. The summed E-state index contributed by atoms with van der Waals surface area (Å²) in [6.07, 6.45) is -0.263. The molecular formula is C9H18NOP. The quantitative estimate of drug-likeness (QED) is 0.633. The second-order valence-electron chi connectivity index (χ2n) is 3.42. The molecule has 0 rings (SSSR count). The Bertz CT molecular complexity index is 154. The number of rotatable bonds is 4. The van der Waals surface area contributed by atoms with Crippen LogP contribution in [0.4, 0.5) is 0 Å². The fraction of sp³-hybridized carbons (Fsp3) is 0.889. The van der Waals surface area contributed by atoms with Gasteiger partial charge in [0.2, 0.25) is 0 Å². The Morgan fingerprint density at radius 3 is 1.75 bits per heavy atom. The van der Waals surface area contributed by atoms with E-state index in [4.69, 9.17) is 9.79 Å². The Balaban J connectivity index is 4.07. The minimum Gasteiger partial charge on any atom is -0.341 e. The number of nitriles is 1. The van der Waals surface area contributed by atoms with E-state index in [1.807, 2.05) is 0 Å². The van der Waals surface area contributed by atoms with E-state index in [-0.39, 0.29) is 6.10 Å². The van der Waals surface area contributed by atoms with Crippen LogP contribution >= 0.6 is 8.15 Å². The third-order valence-corrected chi connectivity index (χ3v) is 4.08. The van der Waals surface area contributed by atoms with Crippen molar-refractivity contribution in [3.05, 3.63) is 0 Å². The third kappa shape index (κ3) is 4.04. The van der Waals surface area contributed by atoms with Crippen LogP contribution in [0.25, 0.3) is 0 Å². The fourth-order valence-corrected chi connectivity index (χ4v) is 3.14. The molecule has 0 bridgehead atoms. The minimum atomic E-state index is -0.446. The number of hydrogen-bond acceptors (Lipinski definition) is 2. The first-order valence-electron chi connectivity index (χ1n) is 4.33. The van der Waals surface area contributed by atoms with Gasteiger partial charge in [0.1, 0.15) is 6.10 Å². The lowest BCUT2D eigenvalue weighted by Crippen LogP contribution is -2.11. The summed E-state index contributed by atoms with van der Waals surface area (Å²) < 4.78 is 5.63. The molecule has 1 atom stereocenters. The van der Waals surface area contributed by atoms with Gasteiger partial charge in [0.05, 0.1) is 6.07 Å². The molecule has 1 unspecified atom stereocenters. The summed E-state index contributed by atoms with van der Waals surface area (Å²) in [4.78, 5) is 0. The summed E-state index contributed by atoms with van der Waals surface area (Å²) >= 11 is 0. The molecular weight excluding hydrogens is 169 g/mol. The monoisotopic (exact) mass is 187 g/mol. The van der Waals surface area contributed by atoms with Crippen molar-refractivity contribution in [1.29, 1.82) is 5.26 Å². The van der Waals surface area contributed by atoms with Crippen molar-refractivity contribution < 1.29 is 4.52 Å². The highest BCUT2D eigenvalue weighted by atomic mass is 31.1. The third-order valence-electron chi connectivity index (χ3n) is 1.48. The van der Waals surface area contributed by atoms with Crippen LogP contribution in [0.1, 0.15) is 34.6 Å². The predicted molar refractivity (Wildman–Crippen MR) is 53.4 cm³/mol. The molecule has 0 aromatic heterocycles. The zero-order valence-electron chi connectivity index (χ0n) is 8.53. The van der Waals surface area contributed by atoms with Crippen LogP contribution in [0.5, 0.6) is 0 Å². The van der Waals surface area contributed by atoms with E-state index in [0.717, 1.165) is 0 Å². The molecule has 0 saturated heterocycles. The molecule has 0 N–H and O–H groups in total. The van der Waals surface area contributed by atoms with Crippen molar-refractivity contribution in [1.82, 2.24) is 0 Å². The topological polar surface area (TPSA) is 33.0 Å². The van der Waals surface area contributed by atoms with E-state index in [9.17, 15) is 0 Å². The Morgan fingerprint density at radius 2 is 1.50 bits per heavy atom. The van der Waals surface area contributed by atoms with Crippen molar-refractivity contribution in [2.24, 2.45) is 0 Å². The first-order chi connectivity index (χ1) is 5.49. The summed E-state index contributed by atoms with van der Waals surface area (Å²) in [7, 11) is -0.446. The van der Waals surface area contributed by atoms with Crippen LogP contribution in [0.3, 0.4) is 0 Å². The van der Waals surface area contributed by atoms with E-state index < -0.39 is 8.15 Å². The molecule has 0 spiro atoms.